The number of rotatable bonds is 9. The number of thiazole rings is 1. The van der Waals surface area contributed by atoms with E-state index in [-0.39, 0.29) is 5.91 Å². The molecule has 3 aromatic rings. The summed E-state index contributed by atoms with van der Waals surface area (Å²) in [5.41, 5.74) is 2.35. The SMILES string of the molecule is CCCc1ccc(C#N)c(SCCC(=O)Nc2nc3ccc(OCC)cc3s2)n1. The van der Waals surface area contributed by atoms with E-state index in [0.717, 1.165) is 34.5 Å². The van der Waals surface area contributed by atoms with Gasteiger partial charge in [-0.05, 0) is 43.7 Å². The minimum Gasteiger partial charge on any atom is -0.494 e. The van der Waals surface area contributed by atoms with Crippen molar-refractivity contribution in [1.29, 1.82) is 5.26 Å². The molecule has 0 atom stereocenters. The quantitative estimate of drug-likeness (QED) is 0.483. The van der Waals surface area contributed by atoms with Crippen LogP contribution in [0.4, 0.5) is 5.13 Å². The summed E-state index contributed by atoms with van der Waals surface area (Å²) >= 11 is 2.86. The highest BCUT2D eigenvalue weighted by Crippen LogP contribution is 2.29. The van der Waals surface area contributed by atoms with Crippen LogP contribution in [0.2, 0.25) is 0 Å². The molecule has 0 aliphatic rings. The number of fused-ring (bicyclic) bond motifs is 1. The number of pyridine rings is 1. The van der Waals surface area contributed by atoms with Crippen LogP contribution in [-0.4, -0.2) is 28.2 Å². The molecule has 3 rings (SSSR count). The van der Waals surface area contributed by atoms with Crippen molar-refractivity contribution >= 4 is 44.4 Å². The first-order valence-corrected chi connectivity index (χ1v) is 11.3. The van der Waals surface area contributed by atoms with Gasteiger partial charge in [-0.25, -0.2) is 9.97 Å². The highest BCUT2D eigenvalue weighted by molar-refractivity contribution is 7.99. The highest BCUT2D eigenvalue weighted by atomic mass is 32.2. The number of thioether (sulfide) groups is 1. The van der Waals surface area contributed by atoms with Crippen LogP contribution in [0.15, 0.2) is 35.4 Å². The van der Waals surface area contributed by atoms with Crippen molar-refractivity contribution in [2.75, 3.05) is 17.7 Å². The lowest BCUT2D eigenvalue weighted by Crippen LogP contribution is -2.12. The minimum atomic E-state index is -0.107. The van der Waals surface area contributed by atoms with Crippen molar-refractivity contribution < 1.29 is 9.53 Å². The van der Waals surface area contributed by atoms with E-state index in [9.17, 15) is 10.1 Å². The molecule has 0 bridgehead atoms. The van der Waals surface area contributed by atoms with Gasteiger partial charge in [0.2, 0.25) is 5.91 Å². The summed E-state index contributed by atoms with van der Waals surface area (Å²) in [4.78, 5) is 21.3. The number of benzene rings is 1. The number of aryl methyl sites for hydroxylation is 1. The van der Waals surface area contributed by atoms with Crippen molar-refractivity contribution in [2.45, 2.75) is 38.1 Å². The molecule has 1 aromatic carbocycles. The average Bonchev–Trinajstić information content (AvgIpc) is 3.10. The van der Waals surface area contributed by atoms with Crippen molar-refractivity contribution in [2.24, 2.45) is 0 Å². The number of nitrogens with one attached hydrogen (secondary N) is 1. The Hall–Kier alpha value is -2.63. The van der Waals surface area contributed by atoms with E-state index < -0.39 is 0 Å². The van der Waals surface area contributed by atoms with E-state index in [2.05, 4.69) is 28.3 Å². The van der Waals surface area contributed by atoms with E-state index >= 15 is 0 Å². The standard InChI is InChI=1S/C21H22N4O2S2/c1-3-5-15-7-6-14(13-22)20(23-15)28-11-10-19(26)25-21-24-17-9-8-16(27-4-2)12-18(17)29-21/h6-9,12H,3-5,10-11H2,1-2H3,(H,24,25,26). The van der Waals surface area contributed by atoms with E-state index in [0.29, 0.717) is 34.5 Å². The van der Waals surface area contributed by atoms with Gasteiger partial charge < -0.3 is 10.1 Å². The first kappa shape index (κ1) is 21.1. The molecule has 0 saturated carbocycles. The zero-order valence-corrected chi connectivity index (χ0v) is 18.0. The second-order valence-electron chi connectivity index (χ2n) is 6.25. The van der Waals surface area contributed by atoms with Gasteiger partial charge in [-0.15, -0.1) is 11.8 Å². The maximum absolute atomic E-state index is 12.3. The van der Waals surface area contributed by atoms with Crippen LogP contribution in [0.5, 0.6) is 5.75 Å². The Bertz CT molecular complexity index is 1040. The molecule has 1 amide bonds. The molecule has 0 spiro atoms. The molecule has 8 heteroatoms. The van der Waals surface area contributed by atoms with Crippen molar-refractivity contribution in [3.05, 3.63) is 41.6 Å². The summed E-state index contributed by atoms with van der Waals surface area (Å²) in [6.07, 6.45) is 2.19. The Balaban J connectivity index is 1.57. The van der Waals surface area contributed by atoms with E-state index in [1.54, 1.807) is 6.07 Å². The summed E-state index contributed by atoms with van der Waals surface area (Å²) in [6.45, 7) is 4.64. The van der Waals surface area contributed by atoms with Gasteiger partial charge in [0.1, 0.15) is 16.8 Å². The molecule has 29 heavy (non-hydrogen) atoms. The fraction of sp³-hybridized carbons (Fsp3) is 0.333. The Labute approximate surface area is 178 Å². The predicted molar refractivity (Wildman–Crippen MR) is 118 cm³/mol. The molecule has 0 unspecified atom stereocenters. The van der Waals surface area contributed by atoms with Crippen LogP contribution < -0.4 is 10.1 Å². The lowest BCUT2D eigenvalue weighted by molar-refractivity contribution is -0.115. The summed E-state index contributed by atoms with van der Waals surface area (Å²) in [6, 6.07) is 11.6. The summed E-state index contributed by atoms with van der Waals surface area (Å²) in [5, 5.41) is 13.4. The molecule has 1 N–H and O–H groups in total. The van der Waals surface area contributed by atoms with Crippen LogP contribution >= 0.6 is 23.1 Å². The molecule has 0 aliphatic carbocycles. The largest absolute Gasteiger partial charge is 0.494 e. The molecule has 0 aliphatic heterocycles. The van der Waals surface area contributed by atoms with Gasteiger partial charge >= 0.3 is 0 Å². The first-order valence-electron chi connectivity index (χ1n) is 9.49. The lowest BCUT2D eigenvalue weighted by Gasteiger charge is -2.06. The minimum absolute atomic E-state index is 0.107. The molecule has 2 heterocycles. The number of aromatic nitrogens is 2. The van der Waals surface area contributed by atoms with Gasteiger partial charge in [0, 0.05) is 17.9 Å². The number of nitrogens with zero attached hydrogens (tertiary/aromatic N) is 3. The topological polar surface area (TPSA) is 87.9 Å². The number of carbonyl (C=O) groups excluding carboxylic acids is 1. The molecule has 150 valence electrons. The van der Waals surface area contributed by atoms with Crippen LogP contribution in [0.1, 0.15) is 37.9 Å². The first-order chi connectivity index (χ1) is 14.1. The molecule has 6 nitrogen and oxygen atoms in total. The van der Waals surface area contributed by atoms with Gasteiger partial charge in [-0.1, -0.05) is 24.7 Å². The summed E-state index contributed by atoms with van der Waals surface area (Å²) in [5.74, 6) is 1.23. The Morgan fingerprint density at radius 3 is 2.90 bits per heavy atom. The second kappa shape index (κ2) is 10.2. The monoisotopic (exact) mass is 426 g/mol. The Morgan fingerprint density at radius 2 is 2.14 bits per heavy atom. The number of carbonyl (C=O) groups is 1. The molecular weight excluding hydrogens is 404 g/mol. The van der Waals surface area contributed by atoms with Gasteiger partial charge in [0.05, 0.1) is 22.4 Å². The average molecular weight is 427 g/mol. The fourth-order valence-corrected chi connectivity index (χ4v) is 4.55. The van der Waals surface area contributed by atoms with Crippen LogP contribution in [0, 0.1) is 11.3 Å². The lowest BCUT2D eigenvalue weighted by atomic mass is 10.2. The molecule has 0 radical (unpaired) electrons. The third-order valence-electron chi connectivity index (χ3n) is 4.03. The van der Waals surface area contributed by atoms with E-state index in [4.69, 9.17) is 4.74 Å². The van der Waals surface area contributed by atoms with E-state index in [1.165, 1.54) is 23.1 Å². The van der Waals surface area contributed by atoms with Crippen molar-refractivity contribution in [3.63, 3.8) is 0 Å². The zero-order chi connectivity index (χ0) is 20.6. The van der Waals surface area contributed by atoms with Crippen LogP contribution in [0.3, 0.4) is 0 Å². The van der Waals surface area contributed by atoms with Gasteiger partial charge in [0.25, 0.3) is 0 Å². The number of hydrogen-bond acceptors (Lipinski definition) is 7. The number of ether oxygens (including phenoxy) is 1. The molecular formula is C21H22N4O2S2. The number of hydrogen-bond donors (Lipinski definition) is 1. The van der Waals surface area contributed by atoms with Gasteiger partial charge in [0.15, 0.2) is 5.13 Å². The number of nitriles is 1. The summed E-state index contributed by atoms with van der Waals surface area (Å²) < 4.78 is 6.47. The summed E-state index contributed by atoms with van der Waals surface area (Å²) in [7, 11) is 0. The predicted octanol–water partition coefficient (Wildman–Crippen LogP) is 5.04. The zero-order valence-electron chi connectivity index (χ0n) is 16.4. The highest BCUT2D eigenvalue weighted by Gasteiger charge is 2.11. The Morgan fingerprint density at radius 1 is 1.28 bits per heavy atom. The molecule has 0 fully saturated rings. The maximum Gasteiger partial charge on any atom is 0.226 e. The van der Waals surface area contributed by atoms with Crippen molar-refractivity contribution in [1.82, 2.24) is 9.97 Å². The smallest absolute Gasteiger partial charge is 0.226 e. The van der Waals surface area contributed by atoms with Crippen molar-refractivity contribution in [3.8, 4) is 11.8 Å². The van der Waals surface area contributed by atoms with E-state index in [1.807, 2.05) is 31.2 Å². The molecule has 0 saturated heterocycles. The van der Waals surface area contributed by atoms with Gasteiger partial charge in [-0.2, -0.15) is 5.26 Å². The van der Waals surface area contributed by atoms with Crippen LogP contribution in [0.25, 0.3) is 10.2 Å². The van der Waals surface area contributed by atoms with Crippen LogP contribution in [-0.2, 0) is 11.2 Å². The Kier molecular flexibility index (Phi) is 7.44. The second-order valence-corrected chi connectivity index (χ2v) is 8.36. The van der Waals surface area contributed by atoms with Gasteiger partial charge in [-0.3, -0.25) is 4.79 Å². The normalized spacial score (nSPS) is 10.7. The third kappa shape index (κ3) is 5.68. The maximum atomic E-state index is 12.3. The number of amides is 1. The molecule has 2 aromatic heterocycles. The third-order valence-corrected chi connectivity index (χ3v) is 5.96. The fourth-order valence-electron chi connectivity index (χ4n) is 2.71. The number of anilines is 1.